The molecule has 7 heteroatoms. The Morgan fingerprint density at radius 3 is 2.45 bits per heavy atom. The van der Waals surface area contributed by atoms with Crippen LogP contribution in [0.2, 0.25) is 0 Å². The van der Waals surface area contributed by atoms with E-state index in [-0.39, 0.29) is 18.9 Å². The lowest BCUT2D eigenvalue weighted by Crippen LogP contribution is -2.33. The Labute approximate surface area is 182 Å². The van der Waals surface area contributed by atoms with Crippen LogP contribution in [-0.4, -0.2) is 37.5 Å². The van der Waals surface area contributed by atoms with E-state index >= 15 is 0 Å². The van der Waals surface area contributed by atoms with Crippen LogP contribution < -0.4 is 15.0 Å². The van der Waals surface area contributed by atoms with E-state index in [4.69, 9.17) is 9.47 Å². The van der Waals surface area contributed by atoms with E-state index in [1.54, 1.807) is 6.07 Å². The predicted molar refractivity (Wildman–Crippen MR) is 118 cm³/mol. The van der Waals surface area contributed by atoms with Crippen molar-refractivity contribution in [2.24, 2.45) is 5.92 Å². The zero-order chi connectivity index (χ0) is 22.7. The van der Waals surface area contributed by atoms with Crippen molar-refractivity contribution in [3.63, 3.8) is 0 Å². The molecule has 1 saturated heterocycles. The molecule has 2 amide bonds. The summed E-state index contributed by atoms with van der Waals surface area (Å²) in [7, 11) is 1.54. The summed E-state index contributed by atoms with van der Waals surface area (Å²) in [6, 6.07) is 11.2. The van der Waals surface area contributed by atoms with Crippen molar-refractivity contribution < 1.29 is 23.9 Å². The van der Waals surface area contributed by atoms with E-state index in [1.807, 2.05) is 51.1 Å². The fourth-order valence-corrected chi connectivity index (χ4v) is 3.62. The van der Waals surface area contributed by atoms with Gasteiger partial charge in [0.1, 0.15) is 5.75 Å². The van der Waals surface area contributed by atoms with Gasteiger partial charge in [0.05, 0.1) is 18.7 Å². The monoisotopic (exact) mass is 424 g/mol. The van der Waals surface area contributed by atoms with Gasteiger partial charge in [0.2, 0.25) is 5.91 Å². The molecule has 0 aromatic heterocycles. The maximum atomic E-state index is 12.7. The third kappa shape index (κ3) is 5.05. The molecule has 1 aliphatic rings. The zero-order valence-corrected chi connectivity index (χ0v) is 18.5. The number of methoxy groups -OCH3 is 1. The molecule has 3 rings (SSSR count). The number of carbonyl (C=O) groups excluding carboxylic acids is 3. The highest BCUT2D eigenvalue weighted by Crippen LogP contribution is 2.34. The number of amides is 2. The molecule has 1 heterocycles. The first-order valence-electron chi connectivity index (χ1n) is 10.2. The van der Waals surface area contributed by atoms with Crippen molar-refractivity contribution in [3.8, 4) is 5.75 Å². The van der Waals surface area contributed by atoms with Crippen molar-refractivity contribution in [1.29, 1.82) is 0 Å². The minimum absolute atomic E-state index is 0.0291. The van der Waals surface area contributed by atoms with Crippen molar-refractivity contribution in [2.75, 3.05) is 23.9 Å². The van der Waals surface area contributed by atoms with Gasteiger partial charge in [-0.15, -0.1) is 0 Å². The summed E-state index contributed by atoms with van der Waals surface area (Å²) < 4.78 is 10.7. The van der Waals surface area contributed by atoms with Gasteiger partial charge in [0.15, 0.2) is 6.10 Å². The standard InChI is InChI=1S/C24H28N2O5/c1-14-6-8-19(16(3)10-14)25-23(28)17(4)31-24(29)18-12-22(27)26(13-18)20-11-15(2)7-9-21(20)30-5/h6-11,17-18H,12-13H2,1-5H3,(H,25,28)/t17-,18+/m0/s1. The van der Waals surface area contributed by atoms with Gasteiger partial charge in [0, 0.05) is 18.7 Å². The molecule has 1 fully saturated rings. The molecular weight excluding hydrogens is 396 g/mol. The van der Waals surface area contributed by atoms with Crippen LogP contribution in [0, 0.1) is 26.7 Å². The van der Waals surface area contributed by atoms with E-state index in [0.29, 0.717) is 17.1 Å². The zero-order valence-electron chi connectivity index (χ0n) is 18.5. The molecule has 0 unspecified atom stereocenters. The lowest BCUT2D eigenvalue weighted by molar-refractivity contribution is -0.157. The van der Waals surface area contributed by atoms with Gasteiger partial charge < -0.3 is 19.7 Å². The summed E-state index contributed by atoms with van der Waals surface area (Å²) in [5, 5.41) is 2.79. The third-order valence-electron chi connectivity index (χ3n) is 5.39. The van der Waals surface area contributed by atoms with Crippen LogP contribution in [0.5, 0.6) is 5.75 Å². The van der Waals surface area contributed by atoms with Gasteiger partial charge in [0.25, 0.3) is 5.91 Å². The number of hydrogen-bond acceptors (Lipinski definition) is 5. The fourth-order valence-electron chi connectivity index (χ4n) is 3.62. The van der Waals surface area contributed by atoms with Gasteiger partial charge in [-0.05, 0) is 57.0 Å². The van der Waals surface area contributed by atoms with Crippen LogP contribution >= 0.6 is 0 Å². The van der Waals surface area contributed by atoms with Crippen molar-refractivity contribution in [3.05, 3.63) is 53.1 Å². The molecule has 2 atom stereocenters. The Kier molecular flexibility index (Phi) is 6.63. The maximum Gasteiger partial charge on any atom is 0.312 e. The first-order chi connectivity index (χ1) is 14.7. The van der Waals surface area contributed by atoms with Crippen molar-refractivity contribution >= 4 is 29.2 Å². The number of rotatable bonds is 6. The molecule has 0 aliphatic carbocycles. The smallest absolute Gasteiger partial charge is 0.312 e. The Morgan fingerprint density at radius 2 is 1.77 bits per heavy atom. The summed E-state index contributed by atoms with van der Waals surface area (Å²) in [6.45, 7) is 7.50. The molecule has 7 nitrogen and oxygen atoms in total. The number of anilines is 2. The number of hydrogen-bond donors (Lipinski definition) is 1. The van der Waals surface area contributed by atoms with Gasteiger partial charge in [-0.2, -0.15) is 0 Å². The summed E-state index contributed by atoms with van der Waals surface area (Å²) in [4.78, 5) is 39.3. The van der Waals surface area contributed by atoms with Crippen LogP contribution in [0.4, 0.5) is 11.4 Å². The molecule has 164 valence electrons. The Hall–Kier alpha value is -3.35. The molecule has 0 radical (unpaired) electrons. The second-order valence-electron chi connectivity index (χ2n) is 7.97. The predicted octanol–water partition coefficient (Wildman–Crippen LogP) is 3.54. The number of ether oxygens (including phenoxy) is 2. The number of nitrogens with zero attached hydrogens (tertiary/aromatic N) is 1. The minimum Gasteiger partial charge on any atom is -0.495 e. The van der Waals surface area contributed by atoms with E-state index < -0.39 is 23.9 Å². The summed E-state index contributed by atoms with van der Waals surface area (Å²) in [5.41, 5.74) is 4.30. The largest absolute Gasteiger partial charge is 0.495 e. The lowest BCUT2D eigenvalue weighted by Gasteiger charge is -2.20. The van der Waals surface area contributed by atoms with E-state index in [1.165, 1.54) is 18.9 Å². The highest BCUT2D eigenvalue weighted by Gasteiger charge is 2.38. The number of esters is 1. The number of nitrogens with one attached hydrogen (secondary N) is 1. The van der Waals surface area contributed by atoms with Gasteiger partial charge in [-0.1, -0.05) is 23.8 Å². The number of carbonyl (C=O) groups is 3. The molecule has 31 heavy (non-hydrogen) atoms. The van der Waals surface area contributed by atoms with Crippen LogP contribution in [0.15, 0.2) is 36.4 Å². The van der Waals surface area contributed by atoms with Crippen molar-refractivity contribution in [1.82, 2.24) is 0 Å². The Morgan fingerprint density at radius 1 is 1.10 bits per heavy atom. The molecule has 2 aromatic carbocycles. The first kappa shape index (κ1) is 22.3. The topological polar surface area (TPSA) is 84.9 Å². The third-order valence-corrected chi connectivity index (χ3v) is 5.39. The van der Waals surface area contributed by atoms with Gasteiger partial charge in [-0.3, -0.25) is 14.4 Å². The number of aryl methyl sites for hydroxylation is 3. The van der Waals surface area contributed by atoms with Gasteiger partial charge in [-0.25, -0.2) is 0 Å². The molecule has 0 spiro atoms. The first-order valence-corrected chi connectivity index (χ1v) is 10.2. The maximum absolute atomic E-state index is 12.7. The van der Waals surface area contributed by atoms with Crippen molar-refractivity contribution in [2.45, 2.75) is 40.2 Å². The van der Waals surface area contributed by atoms with E-state index in [0.717, 1.165) is 16.7 Å². The fraction of sp³-hybridized carbons (Fsp3) is 0.375. The quantitative estimate of drug-likeness (QED) is 0.717. The summed E-state index contributed by atoms with van der Waals surface area (Å²) >= 11 is 0. The van der Waals surface area contributed by atoms with Gasteiger partial charge >= 0.3 is 5.97 Å². The van der Waals surface area contributed by atoms with Crippen LogP contribution in [0.25, 0.3) is 0 Å². The normalized spacial score (nSPS) is 16.7. The molecule has 1 N–H and O–H groups in total. The minimum atomic E-state index is -0.981. The molecule has 2 aromatic rings. The molecular formula is C24H28N2O5. The highest BCUT2D eigenvalue weighted by atomic mass is 16.5. The second-order valence-corrected chi connectivity index (χ2v) is 7.97. The average molecular weight is 424 g/mol. The van der Waals surface area contributed by atoms with Crippen LogP contribution in [0.1, 0.15) is 30.0 Å². The molecule has 0 saturated carbocycles. The summed E-state index contributed by atoms with van der Waals surface area (Å²) in [5.74, 6) is -1.24. The SMILES string of the molecule is COc1ccc(C)cc1N1C[C@H](C(=O)O[C@@H](C)C(=O)Nc2ccc(C)cc2C)CC1=O. The average Bonchev–Trinajstić information content (AvgIpc) is 3.11. The van der Waals surface area contributed by atoms with E-state index in [9.17, 15) is 14.4 Å². The molecule has 1 aliphatic heterocycles. The highest BCUT2D eigenvalue weighted by molar-refractivity contribution is 6.01. The van der Waals surface area contributed by atoms with Crippen LogP contribution in [-0.2, 0) is 19.1 Å². The van der Waals surface area contributed by atoms with Crippen LogP contribution in [0.3, 0.4) is 0 Å². The Balaban J connectivity index is 1.64. The number of benzene rings is 2. The Bertz CT molecular complexity index is 1020. The second kappa shape index (κ2) is 9.20. The lowest BCUT2D eigenvalue weighted by atomic mass is 10.1. The molecule has 0 bridgehead atoms. The van der Waals surface area contributed by atoms with E-state index in [2.05, 4.69) is 5.32 Å². The summed E-state index contributed by atoms with van der Waals surface area (Å²) in [6.07, 6.45) is -0.952.